The molecule has 168 valence electrons. The first-order valence-corrected chi connectivity index (χ1v) is 11.6. The molecule has 2 atom stereocenters. The SMILES string of the molecule is CCOc1cc2c(cc1OCC)CN(C(=O)CCN1C(=O)C3CCCCC3C1=O)CC2. The van der Waals surface area contributed by atoms with E-state index >= 15 is 0 Å². The van der Waals surface area contributed by atoms with Crippen molar-refractivity contribution in [2.45, 2.75) is 58.9 Å². The molecule has 0 N–H and O–H groups in total. The molecule has 1 aliphatic carbocycles. The van der Waals surface area contributed by atoms with E-state index in [0.717, 1.165) is 43.4 Å². The number of hydrogen-bond donors (Lipinski definition) is 0. The van der Waals surface area contributed by atoms with Crippen LogP contribution in [-0.2, 0) is 27.3 Å². The van der Waals surface area contributed by atoms with Crippen molar-refractivity contribution < 1.29 is 23.9 Å². The van der Waals surface area contributed by atoms with Crippen LogP contribution < -0.4 is 9.47 Å². The first-order valence-electron chi connectivity index (χ1n) is 11.6. The van der Waals surface area contributed by atoms with Gasteiger partial charge in [-0.2, -0.15) is 0 Å². The van der Waals surface area contributed by atoms with Crippen molar-refractivity contribution >= 4 is 17.7 Å². The number of nitrogens with zero attached hydrogens (tertiary/aromatic N) is 2. The number of hydrogen-bond acceptors (Lipinski definition) is 5. The van der Waals surface area contributed by atoms with E-state index in [0.29, 0.717) is 32.1 Å². The minimum Gasteiger partial charge on any atom is -0.490 e. The van der Waals surface area contributed by atoms with Gasteiger partial charge >= 0.3 is 0 Å². The van der Waals surface area contributed by atoms with E-state index < -0.39 is 0 Å². The van der Waals surface area contributed by atoms with Crippen molar-refractivity contribution in [2.75, 3.05) is 26.3 Å². The minimum absolute atomic E-state index is 0.0204. The lowest BCUT2D eigenvalue weighted by Gasteiger charge is -2.30. The van der Waals surface area contributed by atoms with Gasteiger partial charge in [-0.15, -0.1) is 0 Å². The maximum atomic E-state index is 12.9. The van der Waals surface area contributed by atoms with Crippen LogP contribution in [0, 0.1) is 11.8 Å². The van der Waals surface area contributed by atoms with Gasteiger partial charge in [0.2, 0.25) is 17.7 Å². The third-order valence-corrected chi connectivity index (χ3v) is 6.71. The molecule has 4 rings (SSSR count). The molecular weight excluding hydrogens is 396 g/mol. The average Bonchev–Trinajstić information content (AvgIpc) is 3.02. The standard InChI is InChI=1S/C24H32N2O5/c1-3-30-20-13-16-9-11-25(15-17(16)14-21(20)31-4-2)22(27)10-12-26-23(28)18-7-5-6-8-19(18)24(26)29/h13-14,18-19H,3-12,15H2,1-2H3. The fourth-order valence-corrected chi connectivity index (χ4v) is 5.13. The first kappa shape index (κ1) is 21.7. The number of amides is 3. The highest BCUT2D eigenvalue weighted by molar-refractivity contribution is 6.05. The Bertz CT molecular complexity index is 844. The minimum atomic E-state index is -0.158. The van der Waals surface area contributed by atoms with Gasteiger partial charge in [0.05, 0.1) is 25.0 Å². The zero-order chi connectivity index (χ0) is 22.0. The van der Waals surface area contributed by atoms with Crippen LogP contribution in [0.15, 0.2) is 12.1 Å². The van der Waals surface area contributed by atoms with Gasteiger partial charge in [-0.1, -0.05) is 12.8 Å². The Morgan fingerprint density at radius 1 is 0.968 bits per heavy atom. The van der Waals surface area contributed by atoms with Crippen molar-refractivity contribution in [1.29, 1.82) is 0 Å². The highest BCUT2D eigenvalue weighted by Gasteiger charge is 2.47. The fraction of sp³-hybridized carbons (Fsp3) is 0.625. The summed E-state index contributed by atoms with van der Waals surface area (Å²) in [5.74, 6) is 0.966. The predicted octanol–water partition coefficient (Wildman–Crippen LogP) is 2.93. The van der Waals surface area contributed by atoms with Gasteiger partial charge in [0.15, 0.2) is 11.5 Å². The molecule has 0 spiro atoms. The van der Waals surface area contributed by atoms with Gasteiger partial charge in [-0.25, -0.2) is 0 Å². The number of carbonyl (C=O) groups excluding carboxylic acids is 3. The fourth-order valence-electron chi connectivity index (χ4n) is 5.13. The third kappa shape index (κ3) is 4.27. The maximum Gasteiger partial charge on any atom is 0.233 e. The molecule has 31 heavy (non-hydrogen) atoms. The summed E-state index contributed by atoms with van der Waals surface area (Å²) >= 11 is 0. The Balaban J connectivity index is 1.39. The van der Waals surface area contributed by atoms with Gasteiger partial charge in [0.25, 0.3) is 0 Å². The van der Waals surface area contributed by atoms with E-state index in [9.17, 15) is 14.4 Å². The van der Waals surface area contributed by atoms with Crippen LogP contribution in [0.25, 0.3) is 0 Å². The van der Waals surface area contributed by atoms with Crippen molar-refractivity contribution in [3.8, 4) is 11.5 Å². The van der Waals surface area contributed by atoms with E-state index in [4.69, 9.17) is 9.47 Å². The molecular formula is C24H32N2O5. The summed E-state index contributed by atoms with van der Waals surface area (Å²) in [4.78, 5) is 41.3. The topological polar surface area (TPSA) is 76.2 Å². The second kappa shape index (κ2) is 9.28. The molecule has 3 aliphatic rings. The number of ether oxygens (including phenoxy) is 2. The summed E-state index contributed by atoms with van der Waals surface area (Å²) < 4.78 is 11.4. The first-order chi connectivity index (χ1) is 15.0. The highest BCUT2D eigenvalue weighted by atomic mass is 16.5. The molecule has 0 radical (unpaired) electrons. The number of rotatable bonds is 7. The number of likely N-dealkylation sites (tertiary alicyclic amines) is 1. The van der Waals surface area contributed by atoms with Crippen molar-refractivity contribution in [2.24, 2.45) is 11.8 Å². The van der Waals surface area contributed by atoms with Crippen LogP contribution in [0.5, 0.6) is 11.5 Å². The zero-order valence-corrected chi connectivity index (χ0v) is 18.5. The second-order valence-corrected chi connectivity index (χ2v) is 8.57. The number of benzene rings is 1. The normalized spacial score (nSPS) is 22.9. The Hall–Kier alpha value is -2.57. The molecule has 2 fully saturated rings. The summed E-state index contributed by atoms with van der Waals surface area (Å²) in [6.45, 7) is 6.32. The van der Waals surface area contributed by atoms with E-state index in [-0.39, 0.29) is 42.5 Å². The number of imide groups is 1. The van der Waals surface area contributed by atoms with Gasteiger partial charge < -0.3 is 14.4 Å². The van der Waals surface area contributed by atoms with Crippen LogP contribution in [-0.4, -0.2) is 53.8 Å². The largest absolute Gasteiger partial charge is 0.490 e. The maximum absolute atomic E-state index is 12.9. The van der Waals surface area contributed by atoms with Crippen LogP contribution in [0.1, 0.15) is 57.1 Å². The Morgan fingerprint density at radius 2 is 1.55 bits per heavy atom. The smallest absolute Gasteiger partial charge is 0.233 e. The van der Waals surface area contributed by atoms with E-state index in [1.807, 2.05) is 30.9 Å². The molecule has 1 saturated carbocycles. The molecule has 0 bridgehead atoms. The Kier molecular flexibility index (Phi) is 6.49. The van der Waals surface area contributed by atoms with E-state index in [1.54, 1.807) is 0 Å². The molecule has 7 heteroatoms. The Labute approximate surface area is 183 Å². The van der Waals surface area contributed by atoms with Gasteiger partial charge in [0.1, 0.15) is 0 Å². The number of fused-ring (bicyclic) bond motifs is 2. The molecule has 3 amide bonds. The van der Waals surface area contributed by atoms with Crippen LogP contribution in [0.4, 0.5) is 0 Å². The van der Waals surface area contributed by atoms with Gasteiger partial charge in [0, 0.05) is 26.1 Å². The second-order valence-electron chi connectivity index (χ2n) is 8.57. The molecule has 2 aliphatic heterocycles. The van der Waals surface area contributed by atoms with Crippen LogP contribution in [0.3, 0.4) is 0 Å². The average molecular weight is 429 g/mol. The van der Waals surface area contributed by atoms with Crippen molar-refractivity contribution in [3.05, 3.63) is 23.3 Å². The lowest BCUT2D eigenvalue weighted by molar-refractivity contribution is -0.141. The van der Waals surface area contributed by atoms with Crippen molar-refractivity contribution in [3.63, 3.8) is 0 Å². The third-order valence-electron chi connectivity index (χ3n) is 6.71. The predicted molar refractivity (Wildman–Crippen MR) is 115 cm³/mol. The van der Waals surface area contributed by atoms with Crippen molar-refractivity contribution in [1.82, 2.24) is 9.80 Å². The van der Waals surface area contributed by atoms with Crippen LogP contribution in [0.2, 0.25) is 0 Å². The van der Waals surface area contributed by atoms with E-state index in [1.165, 1.54) is 10.5 Å². The molecule has 1 aromatic rings. The monoisotopic (exact) mass is 428 g/mol. The molecule has 0 aromatic heterocycles. The zero-order valence-electron chi connectivity index (χ0n) is 18.5. The quantitative estimate of drug-likeness (QED) is 0.624. The molecule has 1 saturated heterocycles. The Morgan fingerprint density at radius 3 is 2.13 bits per heavy atom. The summed E-state index contributed by atoms with van der Waals surface area (Å²) in [7, 11) is 0. The van der Waals surface area contributed by atoms with Crippen LogP contribution >= 0.6 is 0 Å². The van der Waals surface area contributed by atoms with Gasteiger partial charge in [-0.05, 0) is 56.4 Å². The lowest BCUT2D eigenvalue weighted by Crippen LogP contribution is -2.39. The highest BCUT2D eigenvalue weighted by Crippen LogP contribution is 2.38. The molecule has 2 unspecified atom stereocenters. The lowest BCUT2D eigenvalue weighted by atomic mass is 9.81. The molecule has 1 aromatic carbocycles. The summed E-state index contributed by atoms with van der Waals surface area (Å²) in [6, 6.07) is 4.00. The van der Waals surface area contributed by atoms with Gasteiger partial charge in [-0.3, -0.25) is 19.3 Å². The molecule has 7 nitrogen and oxygen atoms in total. The number of carbonyl (C=O) groups is 3. The summed E-state index contributed by atoms with van der Waals surface area (Å²) in [5.41, 5.74) is 2.23. The van der Waals surface area contributed by atoms with E-state index in [2.05, 4.69) is 0 Å². The molecule has 2 heterocycles. The summed E-state index contributed by atoms with van der Waals surface area (Å²) in [5, 5.41) is 0. The summed E-state index contributed by atoms with van der Waals surface area (Å²) in [6.07, 6.45) is 4.55.